The van der Waals surface area contributed by atoms with Crippen LogP contribution in [-0.2, 0) is 0 Å². The molecule has 0 aliphatic carbocycles. The van der Waals surface area contributed by atoms with Crippen LogP contribution in [0.1, 0.15) is 22.6 Å². The molecule has 0 aromatic carbocycles. The molecular formula is C15H11N3OS3. The van der Waals surface area contributed by atoms with E-state index in [1.54, 1.807) is 40.6 Å². The van der Waals surface area contributed by atoms with Gasteiger partial charge in [-0.1, -0.05) is 0 Å². The molecule has 4 heterocycles. The van der Waals surface area contributed by atoms with Crippen molar-refractivity contribution < 1.29 is 4.79 Å². The predicted octanol–water partition coefficient (Wildman–Crippen LogP) is 4.32. The number of hydrogen-bond donors (Lipinski definition) is 0. The summed E-state index contributed by atoms with van der Waals surface area (Å²) in [5.74, 6) is 1.02. The van der Waals surface area contributed by atoms with Gasteiger partial charge >= 0.3 is 0 Å². The van der Waals surface area contributed by atoms with Crippen molar-refractivity contribution >= 4 is 40.2 Å². The Hall–Kier alpha value is -1.57. The molecule has 4 rings (SSSR count). The summed E-state index contributed by atoms with van der Waals surface area (Å²) in [6.45, 7) is 1.99. The van der Waals surface area contributed by atoms with Gasteiger partial charge in [0.1, 0.15) is 15.7 Å². The lowest BCUT2D eigenvalue weighted by atomic mass is 10.2. The van der Waals surface area contributed by atoms with Crippen molar-refractivity contribution in [3.63, 3.8) is 0 Å². The minimum absolute atomic E-state index is 0.158. The smallest absolute Gasteiger partial charge is 0.184 e. The number of Topliss-reactive ketones (excluding diaryl/α,β-unsaturated/α-hetero) is 1. The highest BCUT2D eigenvalue weighted by Gasteiger charge is 2.25. The summed E-state index contributed by atoms with van der Waals surface area (Å²) in [5, 5.41) is 1.84. The second kappa shape index (κ2) is 5.57. The number of carbonyl (C=O) groups excluding carboxylic acids is 1. The van der Waals surface area contributed by atoms with Crippen LogP contribution in [0.3, 0.4) is 0 Å². The first kappa shape index (κ1) is 14.0. The van der Waals surface area contributed by atoms with Gasteiger partial charge in [-0.15, -0.1) is 34.4 Å². The quantitative estimate of drug-likeness (QED) is 0.692. The van der Waals surface area contributed by atoms with E-state index in [4.69, 9.17) is 0 Å². The number of thiazole rings is 2. The van der Waals surface area contributed by atoms with Gasteiger partial charge in [-0.3, -0.25) is 9.78 Å². The molecule has 1 aliphatic heterocycles. The van der Waals surface area contributed by atoms with E-state index in [1.165, 1.54) is 0 Å². The van der Waals surface area contributed by atoms with Crippen LogP contribution < -0.4 is 0 Å². The third-order valence-corrected chi connectivity index (χ3v) is 7.00. The molecule has 0 bridgehead atoms. The van der Waals surface area contributed by atoms with E-state index in [0.29, 0.717) is 12.1 Å². The zero-order valence-corrected chi connectivity index (χ0v) is 14.1. The summed E-state index contributed by atoms with van der Waals surface area (Å²) >= 11 is 4.93. The standard InChI is InChI=1S/C15H11N3OS3/c1-8-12(21-13(17-8)9-3-2-5-16-7-9)14-18-11-10(19)4-6-20-15(11)22-14/h2-3,5,7H,4,6H2,1H3. The molecule has 3 aromatic heterocycles. The number of aromatic nitrogens is 3. The van der Waals surface area contributed by atoms with Gasteiger partial charge in [-0.05, 0) is 19.1 Å². The Bertz CT molecular complexity index is 854. The van der Waals surface area contributed by atoms with Gasteiger partial charge < -0.3 is 0 Å². The zero-order chi connectivity index (χ0) is 15.1. The van der Waals surface area contributed by atoms with Crippen molar-refractivity contribution in [3.8, 4) is 20.5 Å². The molecular weight excluding hydrogens is 334 g/mol. The highest BCUT2D eigenvalue weighted by molar-refractivity contribution is 8.01. The summed E-state index contributed by atoms with van der Waals surface area (Å²) in [6, 6.07) is 3.91. The molecule has 3 aromatic rings. The maximum Gasteiger partial charge on any atom is 0.184 e. The second-order valence-electron chi connectivity index (χ2n) is 4.85. The first-order valence-electron chi connectivity index (χ1n) is 6.77. The highest BCUT2D eigenvalue weighted by atomic mass is 32.2. The molecule has 22 heavy (non-hydrogen) atoms. The van der Waals surface area contributed by atoms with Gasteiger partial charge in [0.15, 0.2) is 5.78 Å². The van der Waals surface area contributed by atoms with Gasteiger partial charge in [-0.25, -0.2) is 9.97 Å². The molecule has 0 radical (unpaired) electrons. The molecule has 4 nitrogen and oxygen atoms in total. The van der Waals surface area contributed by atoms with Crippen molar-refractivity contribution in [3.05, 3.63) is 35.9 Å². The number of hydrogen-bond acceptors (Lipinski definition) is 7. The van der Waals surface area contributed by atoms with E-state index >= 15 is 0 Å². The summed E-state index contributed by atoms with van der Waals surface area (Å²) < 4.78 is 1.04. The van der Waals surface area contributed by atoms with Crippen molar-refractivity contribution in [2.75, 3.05) is 5.75 Å². The fraction of sp³-hybridized carbons (Fsp3) is 0.200. The van der Waals surface area contributed by atoms with Gasteiger partial charge in [0.2, 0.25) is 0 Å². The first-order valence-corrected chi connectivity index (χ1v) is 9.39. The van der Waals surface area contributed by atoms with Gasteiger partial charge in [0.25, 0.3) is 0 Å². The number of aryl methyl sites for hydroxylation is 1. The first-order chi connectivity index (χ1) is 10.7. The van der Waals surface area contributed by atoms with Crippen LogP contribution in [0.25, 0.3) is 20.5 Å². The third-order valence-electron chi connectivity index (χ3n) is 3.32. The fourth-order valence-corrected chi connectivity index (χ4v) is 5.73. The average Bonchev–Trinajstić information content (AvgIpc) is 3.12. The van der Waals surface area contributed by atoms with Crippen LogP contribution in [-0.4, -0.2) is 26.5 Å². The van der Waals surface area contributed by atoms with E-state index in [9.17, 15) is 4.79 Å². The summed E-state index contributed by atoms with van der Waals surface area (Å²) in [7, 11) is 0. The Morgan fingerprint density at radius 2 is 2.09 bits per heavy atom. The summed E-state index contributed by atoms with van der Waals surface area (Å²) in [5.41, 5.74) is 2.60. The van der Waals surface area contributed by atoms with Crippen molar-refractivity contribution in [1.82, 2.24) is 15.0 Å². The number of thioether (sulfide) groups is 1. The van der Waals surface area contributed by atoms with Crippen LogP contribution in [0.4, 0.5) is 0 Å². The van der Waals surface area contributed by atoms with E-state index in [1.807, 2.05) is 25.3 Å². The van der Waals surface area contributed by atoms with Crippen LogP contribution in [0, 0.1) is 6.92 Å². The summed E-state index contributed by atoms with van der Waals surface area (Å²) in [4.78, 5) is 26.4. The number of pyridine rings is 1. The fourth-order valence-electron chi connectivity index (χ4n) is 2.24. The molecule has 0 N–H and O–H groups in total. The number of fused-ring (bicyclic) bond motifs is 1. The maximum atomic E-state index is 12.0. The number of rotatable bonds is 2. The van der Waals surface area contributed by atoms with Crippen molar-refractivity contribution in [2.24, 2.45) is 0 Å². The van der Waals surface area contributed by atoms with E-state index in [2.05, 4.69) is 15.0 Å². The molecule has 0 saturated heterocycles. The van der Waals surface area contributed by atoms with Crippen molar-refractivity contribution in [1.29, 1.82) is 0 Å². The SMILES string of the molecule is Cc1nc(-c2cccnc2)sc1-c1nc2c(s1)SCCC2=O. The minimum atomic E-state index is 0.158. The van der Waals surface area contributed by atoms with E-state index in [-0.39, 0.29) is 5.78 Å². The van der Waals surface area contributed by atoms with Crippen LogP contribution >= 0.6 is 34.4 Å². The molecule has 0 spiro atoms. The molecule has 110 valence electrons. The Kier molecular flexibility index (Phi) is 3.56. The van der Waals surface area contributed by atoms with Gasteiger partial charge in [-0.2, -0.15) is 0 Å². The lowest BCUT2D eigenvalue weighted by Gasteiger charge is -2.05. The van der Waals surface area contributed by atoms with Crippen molar-refractivity contribution in [2.45, 2.75) is 17.6 Å². The number of nitrogens with zero attached hydrogens (tertiary/aromatic N) is 3. The lowest BCUT2D eigenvalue weighted by Crippen LogP contribution is -2.06. The molecule has 7 heteroatoms. The largest absolute Gasteiger partial charge is 0.292 e. The lowest BCUT2D eigenvalue weighted by molar-refractivity contribution is 0.0981. The Labute approximate surface area is 139 Å². The molecule has 0 amide bonds. The third kappa shape index (κ3) is 2.39. The van der Waals surface area contributed by atoms with E-state index < -0.39 is 0 Å². The monoisotopic (exact) mass is 345 g/mol. The maximum absolute atomic E-state index is 12.0. The molecule has 0 saturated carbocycles. The predicted molar refractivity (Wildman–Crippen MR) is 90.9 cm³/mol. The van der Waals surface area contributed by atoms with Crippen LogP contribution in [0.2, 0.25) is 0 Å². The average molecular weight is 345 g/mol. The Morgan fingerprint density at radius 3 is 2.86 bits per heavy atom. The second-order valence-corrected chi connectivity index (χ2v) is 8.21. The normalized spacial score (nSPS) is 14.1. The van der Waals surface area contributed by atoms with Gasteiger partial charge in [0, 0.05) is 30.1 Å². The number of carbonyl (C=O) groups is 1. The Morgan fingerprint density at radius 1 is 1.18 bits per heavy atom. The number of ketones is 1. The van der Waals surface area contributed by atoms with Crippen LogP contribution in [0.15, 0.2) is 28.7 Å². The molecule has 0 unspecified atom stereocenters. The molecule has 0 fully saturated rings. The van der Waals surface area contributed by atoms with Gasteiger partial charge in [0.05, 0.1) is 14.8 Å². The minimum Gasteiger partial charge on any atom is -0.292 e. The van der Waals surface area contributed by atoms with Crippen LogP contribution in [0.5, 0.6) is 0 Å². The zero-order valence-electron chi connectivity index (χ0n) is 11.7. The topological polar surface area (TPSA) is 55.7 Å². The summed E-state index contributed by atoms with van der Waals surface area (Å²) in [6.07, 6.45) is 4.15. The molecule has 0 atom stereocenters. The Balaban J connectivity index is 1.78. The van der Waals surface area contributed by atoms with E-state index in [0.717, 1.165) is 36.1 Å². The highest BCUT2D eigenvalue weighted by Crippen LogP contribution is 2.42. The molecule has 1 aliphatic rings.